The van der Waals surface area contributed by atoms with Gasteiger partial charge in [0.1, 0.15) is 0 Å². The molecule has 1 heterocycles. The number of fused-ring (bicyclic) bond motifs is 1. The molecule has 0 atom stereocenters. The zero-order valence-corrected chi connectivity index (χ0v) is 30.8. The summed E-state index contributed by atoms with van der Waals surface area (Å²) >= 11 is 0. The summed E-state index contributed by atoms with van der Waals surface area (Å²) in [6, 6.07) is 14.6. The smallest absolute Gasteiger partial charge is 0.294 e. The first kappa shape index (κ1) is 38.1. The number of nitrogens with zero attached hydrogens (tertiary/aromatic N) is 2. The van der Waals surface area contributed by atoms with Gasteiger partial charge in [0.15, 0.2) is 0 Å². The molecule has 0 aliphatic heterocycles. The first-order valence-corrected chi connectivity index (χ1v) is 21.4. The topological polar surface area (TPSA) is 118 Å². The quantitative estimate of drug-likeness (QED) is 0.0692. The summed E-state index contributed by atoms with van der Waals surface area (Å²) in [5.74, 6) is 0.551. The molecule has 8 nitrogen and oxygen atoms in total. The van der Waals surface area contributed by atoms with Crippen molar-refractivity contribution in [2.75, 3.05) is 5.75 Å². The fourth-order valence-electron chi connectivity index (χ4n) is 6.99. The van der Waals surface area contributed by atoms with E-state index in [-0.39, 0.29) is 16.0 Å². The van der Waals surface area contributed by atoms with Crippen LogP contribution in [0.25, 0.3) is 22.2 Å². The van der Waals surface area contributed by atoms with E-state index in [4.69, 9.17) is 0 Å². The molecule has 1 aromatic heterocycles. The van der Waals surface area contributed by atoms with Gasteiger partial charge in [0.25, 0.3) is 10.1 Å². The van der Waals surface area contributed by atoms with Crippen molar-refractivity contribution in [3.8, 4) is 11.3 Å². The number of rotatable bonds is 20. The summed E-state index contributed by atoms with van der Waals surface area (Å²) in [6.45, 7) is 2.25. The maximum Gasteiger partial charge on any atom is 0.294 e. The minimum Gasteiger partial charge on any atom is -0.344 e. The fourth-order valence-corrected chi connectivity index (χ4v) is 8.41. The Kier molecular flexibility index (Phi) is 15.0. The number of hydrogen-bond acceptors (Lipinski definition) is 5. The van der Waals surface area contributed by atoms with Gasteiger partial charge in [-0.15, -0.1) is 0 Å². The van der Waals surface area contributed by atoms with Crippen molar-refractivity contribution in [2.24, 2.45) is 12.1 Å². The highest BCUT2D eigenvalue weighted by molar-refractivity contribution is 7.89. The Morgan fingerprint density at radius 2 is 1.31 bits per heavy atom. The van der Waals surface area contributed by atoms with E-state index in [9.17, 15) is 21.4 Å². The van der Waals surface area contributed by atoms with E-state index in [0.29, 0.717) is 23.2 Å². The summed E-state index contributed by atoms with van der Waals surface area (Å²) in [6.07, 6.45) is 22.9. The number of sulfonamides is 1. The van der Waals surface area contributed by atoms with Crippen LogP contribution in [0.5, 0.6) is 0 Å². The molecular formula is C38H57N3O5S2. The molecule has 0 unspecified atom stereocenters. The fraction of sp³-hybridized carbons (Fsp3) is 0.605. The summed E-state index contributed by atoms with van der Waals surface area (Å²) in [5.41, 5.74) is 3.74. The maximum absolute atomic E-state index is 12.9. The molecule has 0 bridgehead atoms. The molecule has 0 saturated heterocycles. The summed E-state index contributed by atoms with van der Waals surface area (Å²) < 4.78 is 61.5. The van der Waals surface area contributed by atoms with E-state index in [1.54, 1.807) is 12.1 Å². The molecule has 2 N–H and O–H groups in total. The highest BCUT2D eigenvalue weighted by Crippen LogP contribution is 2.34. The Labute approximate surface area is 289 Å². The SMILES string of the molecule is CCCCCCCCCCCCCCCCS(=O)(=O)N/N=c1/cc(-c2ccc(C3CCCCC3)cc2)n(C)c2ccc(S(=O)(=O)O)cc12. The first-order valence-electron chi connectivity index (χ1n) is 18.3. The lowest BCUT2D eigenvalue weighted by atomic mass is 9.84. The lowest BCUT2D eigenvalue weighted by Crippen LogP contribution is -2.25. The van der Waals surface area contributed by atoms with Gasteiger partial charge in [0, 0.05) is 12.4 Å². The number of hydrogen-bond donors (Lipinski definition) is 2. The second-order valence-electron chi connectivity index (χ2n) is 13.7. The van der Waals surface area contributed by atoms with Crippen molar-refractivity contribution in [1.29, 1.82) is 0 Å². The summed E-state index contributed by atoms with van der Waals surface area (Å²) in [5, 5.41) is 5.00. The number of unbranched alkanes of at least 4 members (excludes halogenated alkanes) is 13. The third-order valence-electron chi connectivity index (χ3n) is 9.89. The third-order valence-corrected chi connectivity index (χ3v) is 11.9. The zero-order chi connectivity index (χ0) is 34.4. The molecule has 0 amide bonds. The summed E-state index contributed by atoms with van der Waals surface area (Å²) in [7, 11) is -6.29. The number of pyridine rings is 1. The van der Waals surface area contributed by atoms with Crippen molar-refractivity contribution in [3.63, 3.8) is 0 Å². The van der Waals surface area contributed by atoms with Gasteiger partial charge in [-0.05, 0) is 60.6 Å². The second kappa shape index (κ2) is 18.9. The molecule has 3 aromatic rings. The molecule has 10 heteroatoms. The Hall–Kier alpha value is -2.69. The third kappa shape index (κ3) is 11.7. The minimum absolute atomic E-state index is 0.0289. The monoisotopic (exact) mass is 699 g/mol. The van der Waals surface area contributed by atoms with Crippen LogP contribution < -0.4 is 10.2 Å². The minimum atomic E-state index is -4.47. The molecule has 1 saturated carbocycles. The van der Waals surface area contributed by atoms with Crippen LogP contribution in [0.1, 0.15) is 140 Å². The van der Waals surface area contributed by atoms with Gasteiger partial charge in [-0.2, -0.15) is 13.5 Å². The van der Waals surface area contributed by atoms with Crippen LogP contribution in [-0.4, -0.2) is 31.7 Å². The highest BCUT2D eigenvalue weighted by atomic mass is 32.2. The van der Waals surface area contributed by atoms with E-state index in [0.717, 1.165) is 30.5 Å². The predicted molar refractivity (Wildman–Crippen MR) is 197 cm³/mol. The number of benzene rings is 2. The molecule has 2 aromatic carbocycles. The molecule has 1 aliphatic rings. The molecular weight excluding hydrogens is 643 g/mol. The largest absolute Gasteiger partial charge is 0.344 e. The zero-order valence-electron chi connectivity index (χ0n) is 29.1. The van der Waals surface area contributed by atoms with Crippen LogP contribution in [0.2, 0.25) is 0 Å². The van der Waals surface area contributed by atoms with Crippen molar-refractivity contribution in [3.05, 3.63) is 59.5 Å². The molecule has 0 spiro atoms. The Bertz CT molecular complexity index is 1730. The van der Waals surface area contributed by atoms with Gasteiger partial charge in [-0.1, -0.05) is 134 Å². The molecule has 266 valence electrons. The Balaban J connectivity index is 1.39. The van der Waals surface area contributed by atoms with E-state index in [1.165, 1.54) is 114 Å². The number of aromatic nitrogens is 1. The van der Waals surface area contributed by atoms with Crippen LogP contribution in [0.4, 0.5) is 0 Å². The van der Waals surface area contributed by atoms with Crippen molar-refractivity contribution in [2.45, 2.75) is 140 Å². The lowest BCUT2D eigenvalue weighted by molar-refractivity contribution is 0.443. The predicted octanol–water partition coefficient (Wildman–Crippen LogP) is 9.36. The van der Waals surface area contributed by atoms with Gasteiger partial charge < -0.3 is 4.57 Å². The van der Waals surface area contributed by atoms with Crippen LogP contribution >= 0.6 is 0 Å². The average Bonchev–Trinajstić information content (AvgIpc) is 3.08. The van der Waals surface area contributed by atoms with Gasteiger partial charge in [0.05, 0.1) is 27.2 Å². The van der Waals surface area contributed by atoms with Gasteiger partial charge in [0.2, 0.25) is 10.0 Å². The van der Waals surface area contributed by atoms with Crippen LogP contribution in [0.3, 0.4) is 0 Å². The molecule has 0 radical (unpaired) electrons. The average molecular weight is 700 g/mol. The van der Waals surface area contributed by atoms with Gasteiger partial charge >= 0.3 is 0 Å². The standard InChI is InChI=1S/C38H57N3O5S2/c1-3-4-5-6-7-8-9-10-11-12-13-14-15-19-28-47(42,43)40-39-36-30-38(33-24-22-32(23-25-33)31-20-17-16-18-21-31)41(2)37-27-26-34(29-35(36)37)48(44,45)46/h22-27,29-31,40H,3-21,28H2,1-2H3,(H,44,45,46)/b39-36-. The molecule has 1 fully saturated rings. The first-order chi connectivity index (χ1) is 23.1. The van der Waals surface area contributed by atoms with Crippen molar-refractivity contribution >= 4 is 31.0 Å². The van der Waals surface area contributed by atoms with E-state index in [1.807, 2.05) is 11.6 Å². The van der Waals surface area contributed by atoms with E-state index >= 15 is 0 Å². The highest BCUT2D eigenvalue weighted by Gasteiger charge is 2.17. The van der Waals surface area contributed by atoms with Crippen LogP contribution in [-0.2, 0) is 27.2 Å². The van der Waals surface area contributed by atoms with E-state index in [2.05, 4.69) is 41.1 Å². The molecule has 4 rings (SSSR count). The molecule has 48 heavy (non-hydrogen) atoms. The summed E-state index contributed by atoms with van der Waals surface area (Å²) in [4.78, 5) is 2.12. The Morgan fingerprint density at radius 3 is 1.88 bits per heavy atom. The number of aryl methyl sites for hydroxylation is 1. The number of nitrogens with one attached hydrogen (secondary N) is 1. The van der Waals surface area contributed by atoms with Gasteiger partial charge in [-0.3, -0.25) is 4.55 Å². The Morgan fingerprint density at radius 1 is 0.750 bits per heavy atom. The van der Waals surface area contributed by atoms with E-state index < -0.39 is 20.1 Å². The van der Waals surface area contributed by atoms with Crippen molar-refractivity contribution < 1.29 is 21.4 Å². The van der Waals surface area contributed by atoms with Crippen LogP contribution in [0, 0.1) is 0 Å². The second-order valence-corrected chi connectivity index (χ2v) is 16.9. The van der Waals surface area contributed by atoms with Crippen LogP contribution in [0.15, 0.2) is 58.5 Å². The lowest BCUT2D eigenvalue weighted by Gasteiger charge is -2.22. The normalized spacial score (nSPS) is 14.9. The van der Waals surface area contributed by atoms with Gasteiger partial charge in [-0.25, -0.2) is 13.2 Å². The van der Waals surface area contributed by atoms with Crippen molar-refractivity contribution in [1.82, 2.24) is 9.40 Å². The maximum atomic E-state index is 12.9. The molecule has 1 aliphatic carbocycles.